The molecule has 0 aromatic heterocycles. The molecule has 18 heavy (non-hydrogen) atoms. The summed E-state index contributed by atoms with van der Waals surface area (Å²) in [6.45, 7) is 0.163. The molecule has 3 nitrogen and oxygen atoms in total. The minimum Gasteiger partial charge on any atom is -0.382 e. The predicted octanol–water partition coefficient (Wildman–Crippen LogP) is 2.86. The smallest absolute Gasteiger partial charge is 0.314 e. The van der Waals surface area contributed by atoms with Crippen molar-refractivity contribution in [2.24, 2.45) is 0 Å². The van der Waals surface area contributed by atoms with Crippen LogP contribution < -0.4 is 4.18 Å². The molecular formula is C13H12O3S2. The normalized spacial score (nSPS) is 13.8. The molecule has 0 radical (unpaired) electrons. The molecule has 5 heteroatoms. The Morgan fingerprint density at radius 1 is 0.944 bits per heavy atom. The van der Waals surface area contributed by atoms with Crippen molar-refractivity contribution < 1.29 is 12.6 Å². The average Bonchev–Trinajstić information content (AvgIpc) is 2.38. The monoisotopic (exact) mass is 280 g/mol. The van der Waals surface area contributed by atoms with Crippen LogP contribution in [-0.2, 0) is 31.0 Å². The summed E-state index contributed by atoms with van der Waals surface area (Å²) in [6.07, 6.45) is 0. The van der Waals surface area contributed by atoms with Crippen molar-refractivity contribution in [3.05, 3.63) is 66.2 Å². The maximum Gasteiger partial charge on any atom is 0.314 e. The molecule has 2 aromatic rings. The van der Waals surface area contributed by atoms with Gasteiger partial charge in [-0.3, -0.25) is 4.18 Å². The van der Waals surface area contributed by atoms with Crippen LogP contribution >= 0.6 is 0 Å². The largest absolute Gasteiger partial charge is 0.382 e. The lowest BCUT2D eigenvalue weighted by molar-refractivity contribution is 0.298. The Bertz CT molecular complexity index is 580. The van der Waals surface area contributed by atoms with E-state index in [0.29, 0.717) is 5.75 Å². The highest BCUT2D eigenvalue weighted by atomic mass is 32.9. The molecule has 0 aliphatic rings. The molecule has 0 N–H and O–H groups in total. The van der Waals surface area contributed by atoms with Crippen LogP contribution in [0.5, 0.6) is 5.75 Å². The number of hydrogen-bond acceptors (Lipinski definition) is 4. The minimum atomic E-state index is -3.20. The molecule has 0 saturated carbocycles. The zero-order chi connectivity index (χ0) is 12.8. The van der Waals surface area contributed by atoms with Crippen molar-refractivity contribution in [1.29, 1.82) is 0 Å². The molecule has 0 heterocycles. The molecule has 0 fully saturated rings. The quantitative estimate of drug-likeness (QED) is 0.843. The van der Waals surface area contributed by atoms with Gasteiger partial charge in [0, 0.05) is 0 Å². The zero-order valence-electron chi connectivity index (χ0n) is 9.52. The van der Waals surface area contributed by atoms with Crippen molar-refractivity contribution >= 4 is 20.2 Å². The molecule has 0 saturated heterocycles. The van der Waals surface area contributed by atoms with Gasteiger partial charge in [-0.2, -0.15) is 4.21 Å². The highest BCUT2D eigenvalue weighted by Crippen LogP contribution is 2.14. The lowest BCUT2D eigenvalue weighted by atomic mass is 10.2. The van der Waals surface area contributed by atoms with Gasteiger partial charge in [-0.25, -0.2) is 0 Å². The van der Waals surface area contributed by atoms with Crippen molar-refractivity contribution in [2.45, 2.75) is 6.61 Å². The van der Waals surface area contributed by atoms with E-state index in [-0.39, 0.29) is 6.61 Å². The summed E-state index contributed by atoms with van der Waals surface area (Å²) < 4.78 is 22.2. The van der Waals surface area contributed by atoms with Crippen LogP contribution in [0.2, 0.25) is 0 Å². The third-order valence-electron chi connectivity index (χ3n) is 2.15. The molecule has 0 aliphatic heterocycles. The van der Waals surface area contributed by atoms with E-state index in [1.807, 2.05) is 36.4 Å². The maximum atomic E-state index is 11.9. The van der Waals surface area contributed by atoms with Gasteiger partial charge in [0.2, 0.25) is 0 Å². The van der Waals surface area contributed by atoms with E-state index in [4.69, 9.17) is 19.6 Å². The number of benzene rings is 2. The summed E-state index contributed by atoms with van der Waals surface area (Å²) in [4.78, 5) is 0. The highest BCUT2D eigenvalue weighted by molar-refractivity contribution is 8.27. The fourth-order valence-electron chi connectivity index (χ4n) is 1.33. The molecule has 94 valence electrons. The Morgan fingerprint density at radius 2 is 1.50 bits per heavy atom. The lowest BCUT2D eigenvalue weighted by Crippen LogP contribution is -2.11. The summed E-state index contributed by atoms with van der Waals surface area (Å²) in [5.41, 5.74) is 0.895. The fourth-order valence-corrected chi connectivity index (χ4v) is 2.39. The third kappa shape index (κ3) is 4.10. The first kappa shape index (κ1) is 13.0. The van der Waals surface area contributed by atoms with Crippen molar-refractivity contribution in [3.8, 4) is 5.75 Å². The van der Waals surface area contributed by atoms with Gasteiger partial charge in [-0.15, -0.1) is 0 Å². The Kier molecular flexibility index (Phi) is 4.30. The minimum absolute atomic E-state index is 0.163. The van der Waals surface area contributed by atoms with E-state index in [0.717, 1.165) is 5.56 Å². The second-order valence-electron chi connectivity index (χ2n) is 3.55. The second kappa shape index (κ2) is 5.95. The third-order valence-corrected chi connectivity index (χ3v) is 3.45. The van der Waals surface area contributed by atoms with Gasteiger partial charge in [-0.05, 0) is 17.7 Å². The molecule has 2 aromatic carbocycles. The van der Waals surface area contributed by atoms with Crippen molar-refractivity contribution in [1.82, 2.24) is 0 Å². The van der Waals surface area contributed by atoms with Gasteiger partial charge >= 0.3 is 9.05 Å². The molecular weight excluding hydrogens is 268 g/mol. The Balaban J connectivity index is 1.96. The molecule has 1 unspecified atom stereocenters. The number of hydrogen-bond donors (Lipinski definition) is 0. The van der Waals surface area contributed by atoms with E-state index in [1.54, 1.807) is 24.3 Å². The van der Waals surface area contributed by atoms with E-state index in [9.17, 15) is 4.21 Å². The van der Waals surface area contributed by atoms with Crippen molar-refractivity contribution in [3.63, 3.8) is 0 Å². The van der Waals surface area contributed by atoms with Crippen LogP contribution in [0.15, 0.2) is 60.7 Å². The topological polar surface area (TPSA) is 35.5 Å². The van der Waals surface area contributed by atoms with Gasteiger partial charge in [0.25, 0.3) is 0 Å². The van der Waals surface area contributed by atoms with E-state index < -0.39 is 9.05 Å². The fraction of sp³-hybridized carbons (Fsp3) is 0.0769. The van der Waals surface area contributed by atoms with Crippen LogP contribution in [0.1, 0.15) is 5.56 Å². The summed E-state index contributed by atoms with van der Waals surface area (Å²) in [5.74, 6) is 0.436. The van der Waals surface area contributed by atoms with Crippen LogP contribution in [0, 0.1) is 0 Å². The summed E-state index contributed by atoms with van der Waals surface area (Å²) in [6, 6.07) is 18.1. The first-order valence-electron chi connectivity index (χ1n) is 5.33. The van der Waals surface area contributed by atoms with Crippen LogP contribution in [0.25, 0.3) is 0 Å². The first-order chi connectivity index (χ1) is 8.66. The first-order valence-corrected chi connectivity index (χ1v) is 7.67. The van der Waals surface area contributed by atoms with E-state index in [2.05, 4.69) is 0 Å². The Labute approximate surface area is 111 Å². The number of rotatable bonds is 5. The molecule has 2 rings (SSSR count). The lowest BCUT2D eigenvalue weighted by Gasteiger charge is -2.09. The number of para-hydroxylation sites is 1. The van der Waals surface area contributed by atoms with Gasteiger partial charge < -0.3 is 4.18 Å². The van der Waals surface area contributed by atoms with Gasteiger partial charge in [-0.1, -0.05) is 48.5 Å². The molecule has 1 atom stereocenters. The van der Waals surface area contributed by atoms with Crippen LogP contribution in [0.4, 0.5) is 0 Å². The summed E-state index contributed by atoms with van der Waals surface area (Å²) in [7, 11) is -3.20. The second-order valence-corrected chi connectivity index (χ2v) is 6.00. The van der Waals surface area contributed by atoms with Crippen LogP contribution in [-0.4, -0.2) is 4.21 Å². The Morgan fingerprint density at radius 3 is 2.11 bits per heavy atom. The average molecular weight is 280 g/mol. The summed E-state index contributed by atoms with van der Waals surface area (Å²) in [5, 5.41) is 0. The SMILES string of the molecule is O=S(=S)(OCc1ccccc1)Oc1ccccc1. The highest BCUT2D eigenvalue weighted by Gasteiger charge is 2.09. The molecule has 0 spiro atoms. The van der Waals surface area contributed by atoms with Gasteiger partial charge in [0.05, 0.1) is 17.8 Å². The Hall–Kier alpha value is -1.43. The van der Waals surface area contributed by atoms with Crippen molar-refractivity contribution in [2.75, 3.05) is 0 Å². The van der Waals surface area contributed by atoms with Crippen LogP contribution in [0.3, 0.4) is 0 Å². The predicted molar refractivity (Wildman–Crippen MR) is 73.8 cm³/mol. The zero-order valence-corrected chi connectivity index (χ0v) is 11.2. The standard InChI is InChI=1S/C13H12O3S2/c14-18(17,16-13-9-5-2-6-10-13)15-11-12-7-3-1-4-8-12/h1-10H,11H2. The molecule has 0 bridgehead atoms. The maximum absolute atomic E-state index is 11.9. The molecule has 0 amide bonds. The van der Waals surface area contributed by atoms with E-state index >= 15 is 0 Å². The van der Waals surface area contributed by atoms with E-state index in [1.165, 1.54) is 0 Å². The molecule has 0 aliphatic carbocycles. The summed E-state index contributed by atoms with van der Waals surface area (Å²) >= 11 is 4.81. The van der Waals surface area contributed by atoms with Gasteiger partial charge in [0.15, 0.2) is 0 Å². The van der Waals surface area contributed by atoms with Gasteiger partial charge in [0.1, 0.15) is 5.75 Å².